The molecule has 2 rings (SSSR count). The van der Waals surface area contributed by atoms with Crippen molar-refractivity contribution in [3.05, 3.63) is 0 Å². The molecule has 0 amide bonds. The maximum atomic E-state index is 10.00. The summed E-state index contributed by atoms with van der Waals surface area (Å²) in [5.41, 5.74) is 0. The second-order valence-electron chi connectivity index (χ2n) is 5.56. The van der Waals surface area contributed by atoms with E-state index in [0.717, 1.165) is 0 Å². The van der Waals surface area contributed by atoms with Crippen molar-refractivity contribution in [2.75, 3.05) is 19.8 Å². The Morgan fingerprint density at radius 1 is 0.833 bits per heavy atom. The Morgan fingerprint density at radius 2 is 1.42 bits per heavy atom. The molecule has 0 unspecified atom stereocenters. The van der Waals surface area contributed by atoms with Gasteiger partial charge in [0, 0.05) is 0 Å². The Hall–Kier alpha value is 0.326. The van der Waals surface area contributed by atoms with Crippen molar-refractivity contribution in [3.8, 4) is 0 Å². The van der Waals surface area contributed by atoms with Gasteiger partial charge in [-0.3, -0.25) is 0 Å². The van der Waals surface area contributed by atoms with Crippen LogP contribution in [0.2, 0.25) is 0 Å². The van der Waals surface area contributed by atoms with E-state index in [9.17, 15) is 30.6 Å². The van der Waals surface area contributed by atoms with Crippen LogP contribution >= 0.6 is 0 Å². The third-order valence-corrected chi connectivity index (χ3v) is 4.07. The number of aliphatic hydroxyl groups excluding tert-OH is 8. The zero-order chi connectivity index (χ0) is 17.4. The molecule has 8 N–H and O–H groups in total. The first kappa shape index (κ1) is 22.4. The maximum absolute atomic E-state index is 10.00. The normalized spacial score (nSPS) is 49.0. The van der Waals surface area contributed by atoms with Gasteiger partial charge in [-0.15, -0.1) is 0 Å². The maximum Gasteiger partial charge on any atom is 2.00 e. The summed E-state index contributed by atoms with van der Waals surface area (Å²) in [4.78, 5) is 0. The van der Waals surface area contributed by atoms with Gasteiger partial charge in [-0.1, -0.05) is 0 Å². The average Bonchev–Trinajstić information content (AvgIpc) is 2.80. The smallest absolute Gasteiger partial charge is 1.00 e. The van der Waals surface area contributed by atoms with Gasteiger partial charge < -0.3 is 57.9 Å². The van der Waals surface area contributed by atoms with Crippen molar-refractivity contribution in [3.63, 3.8) is 0 Å². The Bertz CT molecular complexity index is 409. The number of hydrogen-bond acceptors (Lipinski definition) is 11. The van der Waals surface area contributed by atoms with Crippen LogP contribution < -0.4 is 0 Å². The SMILES string of the molecule is OC[C@H]1O[C@@](CO)(O[C@H]2O[C@H](CO)[C@@H](O)[C@H](O)[C@H]2O)[C@@H](O)[C@@H]1O.[H-].[H-].[Mg+2]. The van der Waals surface area contributed by atoms with Crippen LogP contribution in [0.4, 0.5) is 0 Å². The van der Waals surface area contributed by atoms with E-state index in [2.05, 4.69) is 0 Å². The molecule has 0 aromatic carbocycles. The molecule has 0 aromatic heterocycles. The Labute approximate surface area is 156 Å². The van der Waals surface area contributed by atoms with Gasteiger partial charge >= 0.3 is 23.1 Å². The fourth-order valence-electron chi connectivity index (χ4n) is 2.63. The van der Waals surface area contributed by atoms with E-state index in [0.29, 0.717) is 0 Å². The molecule has 0 aliphatic carbocycles. The number of aliphatic hydroxyl groups is 8. The largest absolute Gasteiger partial charge is 2.00 e. The fraction of sp³-hybridized carbons (Fsp3) is 1.00. The van der Waals surface area contributed by atoms with E-state index in [1.165, 1.54) is 0 Å². The number of ether oxygens (including phenoxy) is 3. The predicted molar refractivity (Wildman–Crippen MR) is 76.6 cm³/mol. The van der Waals surface area contributed by atoms with Crippen molar-refractivity contribution >= 4 is 23.1 Å². The van der Waals surface area contributed by atoms with E-state index < -0.39 is 74.6 Å². The number of rotatable bonds is 5. The van der Waals surface area contributed by atoms with E-state index in [1.54, 1.807) is 0 Å². The molecular formula is C12H24MgO11. The second kappa shape index (κ2) is 8.81. The van der Waals surface area contributed by atoms with Crippen LogP contribution in [0.5, 0.6) is 0 Å². The molecular weight excluding hydrogens is 344 g/mol. The quantitative estimate of drug-likeness (QED) is 0.216. The molecule has 2 aliphatic heterocycles. The standard InChI is InChI=1S/C12H22O11.Mg.2H/c13-1-4-6(16)8(18)9(19)11(21-4)23-12(3-15)10(20)7(17)5(2-14)22-12;;;/h4-11,13-20H,1-3H2;;;/q;+2;2*-1/t4-,5-,6-,7-,8+,9-,10+,11-,12+;;;/m1.../s1. The molecule has 0 spiro atoms. The summed E-state index contributed by atoms with van der Waals surface area (Å²) in [7, 11) is 0. The molecule has 2 aliphatic rings. The van der Waals surface area contributed by atoms with Crippen LogP contribution in [-0.2, 0) is 14.2 Å². The Morgan fingerprint density at radius 3 is 1.88 bits per heavy atom. The predicted octanol–water partition coefficient (Wildman–Crippen LogP) is -5.55. The molecule has 24 heavy (non-hydrogen) atoms. The fourth-order valence-corrected chi connectivity index (χ4v) is 2.63. The minimum Gasteiger partial charge on any atom is -1.00 e. The zero-order valence-electron chi connectivity index (χ0n) is 14.7. The van der Waals surface area contributed by atoms with Crippen molar-refractivity contribution in [2.24, 2.45) is 0 Å². The first-order chi connectivity index (χ1) is 10.8. The molecule has 9 atom stereocenters. The van der Waals surface area contributed by atoms with Crippen LogP contribution in [0.15, 0.2) is 0 Å². The molecule has 11 nitrogen and oxygen atoms in total. The summed E-state index contributed by atoms with van der Waals surface area (Å²) in [6.07, 6.45) is -12.7. The van der Waals surface area contributed by atoms with Crippen LogP contribution in [0.25, 0.3) is 0 Å². The van der Waals surface area contributed by atoms with Gasteiger partial charge in [0.1, 0.15) is 49.3 Å². The Kier molecular flexibility index (Phi) is 8.21. The Balaban J connectivity index is 0. The molecule has 2 heterocycles. The third-order valence-electron chi connectivity index (χ3n) is 4.07. The average molecular weight is 369 g/mol. The van der Waals surface area contributed by atoms with Crippen LogP contribution in [0.1, 0.15) is 2.85 Å². The van der Waals surface area contributed by atoms with Crippen LogP contribution in [-0.4, -0.2) is 139 Å². The molecule has 2 saturated heterocycles. The summed E-state index contributed by atoms with van der Waals surface area (Å²) in [5.74, 6) is -2.22. The van der Waals surface area contributed by atoms with E-state index >= 15 is 0 Å². The van der Waals surface area contributed by atoms with Gasteiger partial charge in [0.05, 0.1) is 13.2 Å². The molecule has 0 saturated carbocycles. The monoisotopic (exact) mass is 368 g/mol. The summed E-state index contributed by atoms with van der Waals surface area (Å²) in [6.45, 7) is -2.32. The minimum atomic E-state index is -2.22. The van der Waals surface area contributed by atoms with Gasteiger partial charge in [-0.05, 0) is 0 Å². The van der Waals surface area contributed by atoms with Gasteiger partial charge in [-0.25, -0.2) is 0 Å². The van der Waals surface area contributed by atoms with Crippen LogP contribution in [0, 0.1) is 0 Å². The molecule has 140 valence electrons. The van der Waals surface area contributed by atoms with Crippen LogP contribution in [0.3, 0.4) is 0 Å². The molecule has 0 aromatic rings. The zero-order valence-corrected chi connectivity index (χ0v) is 14.2. The van der Waals surface area contributed by atoms with Crippen molar-refractivity contribution in [1.29, 1.82) is 0 Å². The van der Waals surface area contributed by atoms with E-state index in [-0.39, 0.29) is 25.9 Å². The topological polar surface area (TPSA) is 190 Å². The summed E-state index contributed by atoms with van der Waals surface area (Å²) in [5, 5.41) is 76.7. The third kappa shape index (κ3) is 3.85. The van der Waals surface area contributed by atoms with E-state index in [1.807, 2.05) is 0 Å². The molecule has 12 heteroatoms. The first-order valence-electron chi connectivity index (χ1n) is 7.05. The van der Waals surface area contributed by atoms with Crippen molar-refractivity contribution in [1.82, 2.24) is 0 Å². The first-order valence-corrected chi connectivity index (χ1v) is 7.05. The molecule has 0 radical (unpaired) electrons. The van der Waals surface area contributed by atoms with Gasteiger partial charge in [0.25, 0.3) is 0 Å². The minimum absolute atomic E-state index is 0. The van der Waals surface area contributed by atoms with Gasteiger partial charge in [0.15, 0.2) is 6.29 Å². The van der Waals surface area contributed by atoms with Gasteiger partial charge in [-0.2, -0.15) is 0 Å². The van der Waals surface area contributed by atoms with E-state index in [4.69, 9.17) is 24.4 Å². The second-order valence-corrected chi connectivity index (χ2v) is 5.56. The summed E-state index contributed by atoms with van der Waals surface area (Å²) in [6, 6.07) is 0. The summed E-state index contributed by atoms with van der Waals surface area (Å²) < 4.78 is 15.4. The summed E-state index contributed by atoms with van der Waals surface area (Å²) >= 11 is 0. The number of hydrogen-bond donors (Lipinski definition) is 8. The van der Waals surface area contributed by atoms with Gasteiger partial charge in [0.2, 0.25) is 5.79 Å². The van der Waals surface area contributed by atoms with Crippen molar-refractivity contribution < 1.29 is 57.9 Å². The molecule has 0 bridgehead atoms. The van der Waals surface area contributed by atoms with Crippen molar-refractivity contribution in [2.45, 2.75) is 54.8 Å². The molecule has 2 fully saturated rings.